The first-order valence-corrected chi connectivity index (χ1v) is 9.17. The average molecular weight is 408 g/mol. The third-order valence-corrected chi connectivity index (χ3v) is 5.68. The van der Waals surface area contributed by atoms with E-state index in [4.69, 9.17) is 5.11 Å². The van der Waals surface area contributed by atoms with Crippen molar-refractivity contribution in [2.45, 2.75) is 20.4 Å². The minimum absolute atomic E-state index is 0.0323. The molecule has 3 rings (SSSR count). The maximum Gasteiger partial charge on any atom is 0.226 e. The van der Waals surface area contributed by atoms with Gasteiger partial charge in [0, 0.05) is 21.6 Å². The summed E-state index contributed by atoms with van der Waals surface area (Å²) < 4.78 is 1.01. The van der Waals surface area contributed by atoms with Gasteiger partial charge < -0.3 is 15.7 Å². The molecule has 6 nitrogen and oxygen atoms in total. The van der Waals surface area contributed by atoms with Gasteiger partial charge in [-0.2, -0.15) is 4.98 Å². The third-order valence-electron chi connectivity index (χ3n) is 3.43. The highest BCUT2D eigenvalue weighted by molar-refractivity contribution is 9.10. The number of aromatic nitrogens is 3. The summed E-state index contributed by atoms with van der Waals surface area (Å²) >= 11 is 5.24. The molecule has 3 heterocycles. The predicted octanol–water partition coefficient (Wildman–Crippen LogP) is 3.48. The normalized spacial score (nSPS) is 11.0. The standard InChI is InChI=1S/C16H18BrN5OS/c1-9-4-3-5-11(20-9)8-19-14-12-13(17)10(2)24-15(12)22-16(21-14)18-6-7-23/h3-5,23H,6-8H2,1-2H3,(H2,18,19,21,22). The Bertz CT molecular complexity index is 867. The lowest BCUT2D eigenvalue weighted by atomic mass is 10.3. The van der Waals surface area contributed by atoms with Crippen LogP contribution in [0.2, 0.25) is 0 Å². The van der Waals surface area contributed by atoms with E-state index >= 15 is 0 Å². The van der Waals surface area contributed by atoms with Crippen molar-refractivity contribution in [3.05, 3.63) is 38.9 Å². The molecule has 0 amide bonds. The van der Waals surface area contributed by atoms with Crippen LogP contribution in [0.15, 0.2) is 22.7 Å². The summed E-state index contributed by atoms with van der Waals surface area (Å²) in [6.07, 6.45) is 0. The summed E-state index contributed by atoms with van der Waals surface area (Å²) in [5, 5.41) is 16.4. The van der Waals surface area contributed by atoms with Gasteiger partial charge in [0.2, 0.25) is 5.95 Å². The first kappa shape index (κ1) is 17.1. The van der Waals surface area contributed by atoms with Crippen molar-refractivity contribution >= 4 is 49.2 Å². The molecule has 126 valence electrons. The predicted molar refractivity (Wildman–Crippen MR) is 102 cm³/mol. The molecular formula is C16H18BrN5OS. The topological polar surface area (TPSA) is 83.0 Å². The molecule has 3 N–H and O–H groups in total. The molecule has 0 unspecified atom stereocenters. The van der Waals surface area contributed by atoms with Crippen LogP contribution in [0.25, 0.3) is 10.2 Å². The van der Waals surface area contributed by atoms with Crippen LogP contribution in [0, 0.1) is 13.8 Å². The average Bonchev–Trinajstić information content (AvgIpc) is 2.85. The molecule has 0 saturated carbocycles. The van der Waals surface area contributed by atoms with E-state index in [1.165, 1.54) is 0 Å². The van der Waals surface area contributed by atoms with Crippen molar-refractivity contribution in [3.8, 4) is 0 Å². The second-order valence-corrected chi connectivity index (χ2v) is 7.32. The Balaban J connectivity index is 1.94. The van der Waals surface area contributed by atoms with Crippen LogP contribution in [0.5, 0.6) is 0 Å². The molecule has 3 aromatic heterocycles. The van der Waals surface area contributed by atoms with Gasteiger partial charge in [-0.25, -0.2) is 4.98 Å². The van der Waals surface area contributed by atoms with Crippen molar-refractivity contribution < 1.29 is 5.11 Å². The van der Waals surface area contributed by atoms with Crippen LogP contribution in [0.1, 0.15) is 16.3 Å². The molecule has 0 bridgehead atoms. The maximum absolute atomic E-state index is 8.99. The molecule has 0 fully saturated rings. The summed E-state index contributed by atoms with van der Waals surface area (Å²) in [5.74, 6) is 1.25. The smallest absolute Gasteiger partial charge is 0.226 e. The van der Waals surface area contributed by atoms with Gasteiger partial charge in [-0.1, -0.05) is 6.07 Å². The molecule has 0 radical (unpaired) electrons. The Morgan fingerprint density at radius 1 is 1.17 bits per heavy atom. The van der Waals surface area contributed by atoms with Gasteiger partial charge in [0.1, 0.15) is 10.6 Å². The number of hydrogen-bond donors (Lipinski definition) is 3. The van der Waals surface area contributed by atoms with Crippen LogP contribution in [0.3, 0.4) is 0 Å². The van der Waals surface area contributed by atoms with Gasteiger partial charge in [-0.3, -0.25) is 4.98 Å². The highest BCUT2D eigenvalue weighted by Crippen LogP contribution is 2.38. The van der Waals surface area contributed by atoms with Gasteiger partial charge in [-0.05, 0) is 41.9 Å². The van der Waals surface area contributed by atoms with Gasteiger partial charge in [-0.15, -0.1) is 11.3 Å². The minimum atomic E-state index is 0.0323. The zero-order chi connectivity index (χ0) is 17.1. The Kier molecular flexibility index (Phi) is 5.27. The van der Waals surface area contributed by atoms with Crippen molar-refractivity contribution in [2.75, 3.05) is 23.8 Å². The van der Waals surface area contributed by atoms with E-state index in [0.717, 1.165) is 36.8 Å². The van der Waals surface area contributed by atoms with Crippen LogP contribution in [0.4, 0.5) is 11.8 Å². The summed E-state index contributed by atoms with van der Waals surface area (Å²) in [5.41, 5.74) is 1.94. The Hall–Kier alpha value is -1.77. The largest absolute Gasteiger partial charge is 0.395 e. The lowest BCUT2D eigenvalue weighted by Gasteiger charge is -2.10. The van der Waals surface area contributed by atoms with E-state index in [9.17, 15) is 0 Å². The van der Waals surface area contributed by atoms with Crippen LogP contribution < -0.4 is 10.6 Å². The van der Waals surface area contributed by atoms with Crippen molar-refractivity contribution in [1.82, 2.24) is 15.0 Å². The van der Waals surface area contributed by atoms with Gasteiger partial charge in [0.15, 0.2) is 0 Å². The highest BCUT2D eigenvalue weighted by atomic mass is 79.9. The molecule has 24 heavy (non-hydrogen) atoms. The van der Waals surface area contributed by atoms with E-state index in [0.29, 0.717) is 19.0 Å². The molecule has 0 aromatic carbocycles. The maximum atomic E-state index is 8.99. The van der Waals surface area contributed by atoms with Gasteiger partial charge in [0.25, 0.3) is 0 Å². The summed E-state index contributed by atoms with van der Waals surface area (Å²) in [4.78, 5) is 15.6. The van der Waals surface area contributed by atoms with E-state index in [2.05, 4.69) is 41.5 Å². The van der Waals surface area contributed by atoms with E-state index in [1.54, 1.807) is 11.3 Å². The molecule has 8 heteroatoms. The van der Waals surface area contributed by atoms with Crippen LogP contribution >= 0.6 is 27.3 Å². The van der Waals surface area contributed by atoms with E-state index < -0.39 is 0 Å². The summed E-state index contributed by atoms with van der Waals surface area (Å²) in [6.45, 7) is 5.04. The molecule has 0 spiro atoms. The third kappa shape index (κ3) is 3.66. The van der Waals surface area contributed by atoms with E-state index in [-0.39, 0.29) is 6.61 Å². The van der Waals surface area contributed by atoms with Crippen molar-refractivity contribution in [1.29, 1.82) is 0 Å². The fraction of sp³-hybridized carbons (Fsp3) is 0.312. The van der Waals surface area contributed by atoms with Gasteiger partial charge >= 0.3 is 0 Å². The second-order valence-electron chi connectivity index (χ2n) is 5.32. The summed E-state index contributed by atoms with van der Waals surface area (Å²) in [7, 11) is 0. The number of thiophene rings is 1. The number of rotatable bonds is 6. The van der Waals surface area contributed by atoms with Crippen LogP contribution in [-0.4, -0.2) is 33.2 Å². The number of nitrogens with zero attached hydrogens (tertiary/aromatic N) is 3. The number of halogens is 1. The number of aliphatic hydroxyl groups excluding tert-OH is 1. The molecule has 0 saturated heterocycles. The second kappa shape index (κ2) is 7.42. The fourth-order valence-electron chi connectivity index (χ4n) is 2.32. The Morgan fingerprint density at radius 3 is 2.75 bits per heavy atom. The van der Waals surface area contributed by atoms with Crippen LogP contribution in [-0.2, 0) is 6.54 Å². The number of nitrogens with one attached hydrogen (secondary N) is 2. The number of fused-ring (bicyclic) bond motifs is 1. The number of anilines is 2. The summed E-state index contributed by atoms with van der Waals surface area (Å²) in [6, 6.07) is 5.95. The zero-order valence-corrected chi connectivity index (χ0v) is 15.8. The molecule has 0 aliphatic rings. The Labute approximate surface area is 152 Å². The first-order valence-electron chi connectivity index (χ1n) is 7.56. The number of pyridine rings is 1. The quantitative estimate of drug-likeness (QED) is 0.579. The lowest BCUT2D eigenvalue weighted by Crippen LogP contribution is -2.11. The molecular weight excluding hydrogens is 390 g/mol. The SMILES string of the molecule is Cc1cccc(CNc2nc(NCCO)nc3sc(C)c(Br)c23)n1. The molecule has 0 atom stereocenters. The molecule has 0 aliphatic carbocycles. The Morgan fingerprint density at radius 2 is 2.00 bits per heavy atom. The minimum Gasteiger partial charge on any atom is -0.395 e. The number of aryl methyl sites for hydroxylation is 2. The number of hydrogen-bond acceptors (Lipinski definition) is 7. The monoisotopic (exact) mass is 407 g/mol. The zero-order valence-electron chi connectivity index (χ0n) is 13.4. The van der Waals surface area contributed by atoms with Crippen molar-refractivity contribution in [2.24, 2.45) is 0 Å². The van der Waals surface area contributed by atoms with Crippen molar-refractivity contribution in [3.63, 3.8) is 0 Å². The fourth-order valence-corrected chi connectivity index (χ4v) is 3.99. The first-order chi connectivity index (χ1) is 11.6. The molecule has 3 aromatic rings. The highest BCUT2D eigenvalue weighted by Gasteiger charge is 2.15. The lowest BCUT2D eigenvalue weighted by molar-refractivity contribution is 0.311. The van der Waals surface area contributed by atoms with E-state index in [1.807, 2.05) is 32.0 Å². The molecule has 0 aliphatic heterocycles. The number of aliphatic hydroxyl groups is 1. The van der Waals surface area contributed by atoms with Gasteiger partial charge in [0.05, 0.1) is 24.2 Å².